The SMILES string of the molecule is CC(C)(C)Nc1c(-c2ccc3c(c2)CN(C2CCC(=O)NC2=O)C3=O)nc2ncccn12. The van der Waals surface area contributed by atoms with Crippen LogP contribution in [0, 0.1) is 0 Å². The van der Waals surface area contributed by atoms with Gasteiger partial charge in [-0.1, -0.05) is 6.07 Å². The lowest BCUT2D eigenvalue weighted by atomic mass is 10.0. The van der Waals surface area contributed by atoms with Crippen LogP contribution in [0.3, 0.4) is 0 Å². The Balaban J connectivity index is 1.52. The standard InChI is InChI=1S/C23H24N6O3/c1-23(2,3)27-19-18(26-22-24-9-4-10-28(19)22)13-5-6-15-14(11-13)12-29(21(15)32)16-7-8-17(30)25-20(16)31/h4-6,9-11,16,27H,7-8,12H2,1-3H3,(H,25,30,31). The van der Waals surface area contributed by atoms with Crippen LogP contribution in [0.5, 0.6) is 0 Å². The maximum atomic E-state index is 13.0. The highest BCUT2D eigenvalue weighted by atomic mass is 16.2. The van der Waals surface area contributed by atoms with Crippen molar-refractivity contribution in [1.29, 1.82) is 0 Å². The molecule has 9 heteroatoms. The van der Waals surface area contributed by atoms with Crippen molar-refractivity contribution < 1.29 is 14.4 Å². The van der Waals surface area contributed by atoms with Crippen molar-refractivity contribution >= 4 is 29.3 Å². The third-order valence-electron chi connectivity index (χ3n) is 5.69. The lowest BCUT2D eigenvalue weighted by Gasteiger charge is -2.29. The van der Waals surface area contributed by atoms with Gasteiger partial charge in [-0.15, -0.1) is 0 Å². The van der Waals surface area contributed by atoms with Gasteiger partial charge in [0.1, 0.15) is 17.6 Å². The van der Waals surface area contributed by atoms with E-state index in [1.807, 2.05) is 28.8 Å². The first-order chi connectivity index (χ1) is 15.2. The van der Waals surface area contributed by atoms with Crippen molar-refractivity contribution in [2.24, 2.45) is 0 Å². The number of nitrogens with zero attached hydrogens (tertiary/aromatic N) is 4. The summed E-state index contributed by atoms with van der Waals surface area (Å²) in [7, 11) is 0. The van der Waals surface area contributed by atoms with Gasteiger partial charge in [-0.2, -0.15) is 0 Å². The molecule has 5 rings (SSSR count). The van der Waals surface area contributed by atoms with Gasteiger partial charge < -0.3 is 10.2 Å². The number of imide groups is 1. The van der Waals surface area contributed by atoms with Crippen LogP contribution in [0.1, 0.15) is 49.5 Å². The van der Waals surface area contributed by atoms with Gasteiger partial charge in [0, 0.05) is 42.0 Å². The summed E-state index contributed by atoms with van der Waals surface area (Å²) in [5.74, 6) is 0.511. The predicted octanol–water partition coefficient (Wildman–Crippen LogP) is 2.37. The fraction of sp³-hybridized carbons (Fsp3) is 0.348. The lowest BCUT2D eigenvalue weighted by Crippen LogP contribution is -2.52. The third-order valence-corrected chi connectivity index (χ3v) is 5.69. The molecule has 164 valence electrons. The molecule has 2 N–H and O–H groups in total. The Morgan fingerprint density at radius 3 is 2.75 bits per heavy atom. The van der Waals surface area contributed by atoms with Gasteiger partial charge in [0.05, 0.1) is 0 Å². The molecule has 32 heavy (non-hydrogen) atoms. The van der Waals surface area contributed by atoms with E-state index in [4.69, 9.17) is 4.98 Å². The van der Waals surface area contributed by atoms with Crippen molar-refractivity contribution in [2.45, 2.75) is 51.7 Å². The Kier molecular flexibility index (Phi) is 4.51. The molecule has 3 amide bonds. The molecule has 0 saturated carbocycles. The van der Waals surface area contributed by atoms with Crippen LogP contribution in [-0.2, 0) is 16.1 Å². The van der Waals surface area contributed by atoms with Gasteiger partial charge >= 0.3 is 0 Å². The van der Waals surface area contributed by atoms with E-state index in [0.29, 0.717) is 24.3 Å². The molecule has 0 bridgehead atoms. The van der Waals surface area contributed by atoms with E-state index >= 15 is 0 Å². The monoisotopic (exact) mass is 432 g/mol. The molecule has 9 nitrogen and oxygen atoms in total. The zero-order valence-corrected chi connectivity index (χ0v) is 18.2. The van der Waals surface area contributed by atoms with Crippen LogP contribution in [0.25, 0.3) is 17.0 Å². The zero-order chi connectivity index (χ0) is 22.6. The number of hydrogen-bond acceptors (Lipinski definition) is 6. The van der Waals surface area contributed by atoms with Crippen LogP contribution in [0.4, 0.5) is 5.82 Å². The Morgan fingerprint density at radius 1 is 1.19 bits per heavy atom. The molecule has 1 aromatic carbocycles. The van der Waals surface area contributed by atoms with E-state index in [2.05, 4.69) is 36.4 Å². The van der Waals surface area contributed by atoms with Crippen LogP contribution in [0.15, 0.2) is 36.7 Å². The molecule has 1 atom stereocenters. The number of carbonyl (C=O) groups is 3. The Hall–Kier alpha value is -3.75. The molecule has 0 radical (unpaired) electrons. The summed E-state index contributed by atoms with van der Waals surface area (Å²) in [5.41, 5.74) is 2.82. The summed E-state index contributed by atoms with van der Waals surface area (Å²) in [4.78, 5) is 47.4. The number of anilines is 1. The van der Waals surface area contributed by atoms with Crippen LogP contribution in [0.2, 0.25) is 0 Å². The largest absolute Gasteiger partial charge is 0.365 e. The minimum atomic E-state index is -0.631. The van der Waals surface area contributed by atoms with Gasteiger partial charge in [-0.3, -0.25) is 24.1 Å². The van der Waals surface area contributed by atoms with Crippen LogP contribution in [-0.4, -0.2) is 48.6 Å². The zero-order valence-electron chi connectivity index (χ0n) is 18.2. The second-order valence-corrected chi connectivity index (χ2v) is 9.25. The average molecular weight is 432 g/mol. The van der Waals surface area contributed by atoms with Crippen molar-refractivity contribution in [2.75, 3.05) is 5.32 Å². The molecule has 2 aromatic heterocycles. The highest BCUT2D eigenvalue weighted by molar-refractivity contribution is 6.05. The molecule has 1 saturated heterocycles. The predicted molar refractivity (Wildman–Crippen MR) is 118 cm³/mol. The van der Waals surface area contributed by atoms with E-state index in [0.717, 1.165) is 22.6 Å². The van der Waals surface area contributed by atoms with E-state index in [1.165, 1.54) is 0 Å². The highest BCUT2D eigenvalue weighted by Crippen LogP contribution is 2.34. The van der Waals surface area contributed by atoms with Crippen molar-refractivity contribution in [3.63, 3.8) is 0 Å². The third kappa shape index (κ3) is 3.39. The number of imidazole rings is 1. The summed E-state index contributed by atoms with van der Waals surface area (Å²) in [6, 6.07) is 6.84. The number of fused-ring (bicyclic) bond motifs is 2. The quantitative estimate of drug-likeness (QED) is 0.615. The summed E-state index contributed by atoms with van der Waals surface area (Å²) >= 11 is 0. The number of nitrogens with one attached hydrogen (secondary N) is 2. The molecule has 4 heterocycles. The molecule has 3 aromatic rings. The molecule has 2 aliphatic rings. The number of benzene rings is 1. The van der Waals surface area contributed by atoms with E-state index in [-0.39, 0.29) is 23.8 Å². The first kappa shape index (κ1) is 20.2. The van der Waals surface area contributed by atoms with E-state index in [9.17, 15) is 14.4 Å². The van der Waals surface area contributed by atoms with Gasteiger partial charge in [-0.25, -0.2) is 9.97 Å². The minimum absolute atomic E-state index is 0.189. The van der Waals surface area contributed by atoms with Crippen LogP contribution >= 0.6 is 0 Å². The molecular weight excluding hydrogens is 408 g/mol. The fourth-order valence-electron chi connectivity index (χ4n) is 4.29. The Bertz CT molecular complexity index is 1270. The Labute approximate surface area is 184 Å². The van der Waals surface area contributed by atoms with Gasteiger partial charge in [0.2, 0.25) is 17.6 Å². The first-order valence-electron chi connectivity index (χ1n) is 10.6. The van der Waals surface area contributed by atoms with Crippen molar-refractivity contribution in [3.05, 3.63) is 47.8 Å². The van der Waals surface area contributed by atoms with E-state index < -0.39 is 11.9 Å². The summed E-state index contributed by atoms with van der Waals surface area (Å²) in [5, 5.41) is 5.85. The van der Waals surface area contributed by atoms with Gasteiger partial charge in [-0.05, 0) is 51.0 Å². The van der Waals surface area contributed by atoms with Crippen molar-refractivity contribution in [3.8, 4) is 11.3 Å². The summed E-state index contributed by atoms with van der Waals surface area (Å²) < 4.78 is 1.91. The maximum Gasteiger partial charge on any atom is 0.255 e. The van der Waals surface area contributed by atoms with Gasteiger partial charge in [0.15, 0.2) is 0 Å². The topological polar surface area (TPSA) is 109 Å². The second-order valence-electron chi connectivity index (χ2n) is 9.25. The molecule has 1 unspecified atom stereocenters. The lowest BCUT2D eigenvalue weighted by molar-refractivity contribution is -0.136. The number of carbonyl (C=O) groups excluding carboxylic acids is 3. The maximum absolute atomic E-state index is 13.0. The molecule has 0 aliphatic carbocycles. The Morgan fingerprint density at radius 2 is 2.00 bits per heavy atom. The van der Waals surface area contributed by atoms with Crippen molar-refractivity contribution in [1.82, 2.24) is 24.6 Å². The van der Waals surface area contributed by atoms with Crippen LogP contribution < -0.4 is 10.6 Å². The number of hydrogen-bond donors (Lipinski definition) is 2. The van der Waals surface area contributed by atoms with Gasteiger partial charge in [0.25, 0.3) is 5.91 Å². The smallest absolute Gasteiger partial charge is 0.255 e. The summed E-state index contributed by atoms with van der Waals surface area (Å²) in [6.45, 7) is 6.55. The highest BCUT2D eigenvalue weighted by Gasteiger charge is 2.39. The number of piperidine rings is 1. The number of amides is 3. The second kappa shape index (κ2) is 7.15. The summed E-state index contributed by atoms with van der Waals surface area (Å²) in [6.07, 6.45) is 4.19. The number of rotatable bonds is 3. The molecule has 1 fully saturated rings. The minimum Gasteiger partial charge on any atom is -0.365 e. The number of aromatic nitrogens is 3. The fourth-order valence-corrected chi connectivity index (χ4v) is 4.29. The average Bonchev–Trinajstić information content (AvgIpc) is 3.25. The normalized spacial score (nSPS) is 18.8. The van der Waals surface area contributed by atoms with E-state index in [1.54, 1.807) is 17.2 Å². The molecule has 2 aliphatic heterocycles. The molecular formula is C23H24N6O3. The first-order valence-corrected chi connectivity index (χ1v) is 10.6. The molecule has 0 spiro atoms.